The zero-order valence-electron chi connectivity index (χ0n) is 16.4. The van der Waals surface area contributed by atoms with Crippen molar-refractivity contribution < 1.29 is 40.1 Å². The highest BCUT2D eigenvalue weighted by Crippen LogP contribution is 2.16. The molecule has 0 radical (unpaired) electrons. The second kappa shape index (κ2) is 13.4. The van der Waals surface area contributed by atoms with Gasteiger partial charge < -0.3 is 50.3 Å². The number of rotatable bonds is 16. The quantitative estimate of drug-likeness (QED) is 0.108. The van der Waals surface area contributed by atoms with E-state index in [4.69, 9.17) is 9.47 Å². The number of nitrogens with zero attached hydrogens (tertiary/aromatic N) is 1. The van der Waals surface area contributed by atoms with E-state index >= 15 is 0 Å². The van der Waals surface area contributed by atoms with Crippen LogP contribution in [0.5, 0.6) is 0 Å². The summed E-state index contributed by atoms with van der Waals surface area (Å²) in [5.74, 6) is 0. The Balaban J connectivity index is 5.10. The van der Waals surface area contributed by atoms with Crippen LogP contribution < -0.4 is 5.32 Å². The van der Waals surface area contributed by atoms with Crippen LogP contribution in [0.15, 0.2) is 12.3 Å². The first-order valence-electron chi connectivity index (χ1n) is 8.80. The maximum atomic E-state index is 10.1. The molecule has 0 aliphatic heterocycles. The predicted molar refractivity (Wildman–Crippen MR) is 98.8 cm³/mol. The summed E-state index contributed by atoms with van der Waals surface area (Å²) in [6, 6.07) is 0. The fourth-order valence-corrected chi connectivity index (χ4v) is 2.35. The van der Waals surface area contributed by atoms with Gasteiger partial charge in [-0.15, -0.1) is 0 Å². The first kappa shape index (κ1) is 26.2. The molecule has 0 aromatic carbocycles. The van der Waals surface area contributed by atoms with Gasteiger partial charge in [-0.2, -0.15) is 0 Å². The summed E-state index contributed by atoms with van der Waals surface area (Å²) in [6.45, 7) is 0.447. The second-order valence-electron chi connectivity index (χ2n) is 6.72. The van der Waals surface area contributed by atoms with E-state index in [0.29, 0.717) is 19.5 Å². The first-order chi connectivity index (χ1) is 12.8. The third-order valence-electron chi connectivity index (χ3n) is 4.52. The van der Waals surface area contributed by atoms with Crippen LogP contribution in [0.3, 0.4) is 0 Å². The smallest absolute Gasteiger partial charge is 0.186 e. The van der Waals surface area contributed by atoms with E-state index in [9.17, 15) is 30.6 Å². The van der Waals surface area contributed by atoms with Crippen LogP contribution in [0.2, 0.25) is 0 Å². The van der Waals surface area contributed by atoms with Gasteiger partial charge in [0.15, 0.2) is 6.29 Å². The zero-order chi connectivity index (χ0) is 20.9. The largest absolute Gasteiger partial charge is 0.394 e. The van der Waals surface area contributed by atoms with Gasteiger partial charge in [0.2, 0.25) is 0 Å². The molecule has 0 aromatic rings. The number of methoxy groups -OCH3 is 2. The summed E-state index contributed by atoms with van der Waals surface area (Å²) >= 11 is 0. The van der Waals surface area contributed by atoms with Crippen LogP contribution in [0.4, 0.5) is 0 Å². The van der Waals surface area contributed by atoms with Gasteiger partial charge in [-0.05, 0) is 32.2 Å². The molecule has 0 saturated heterocycles. The van der Waals surface area contributed by atoms with Gasteiger partial charge in [-0.3, -0.25) is 0 Å². The van der Waals surface area contributed by atoms with Crippen molar-refractivity contribution in [2.45, 2.75) is 36.8 Å². The normalized spacial score (nSPS) is 14.3. The van der Waals surface area contributed by atoms with Gasteiger partial charge in [0, 0.05) is 20.8 Å². The summed E-state index contributed by atoms with van der Waals surface area (Å²) in [5.41, 5.74) is -2.13. The average molecular weight is 396 g/mol. The van der Waals surface area contributed by atoms with Crippen molar-refractivity contribution in [3.8, 4) is 0 Å². The van der Waals surface area contributed by atoms with Crippen LogP contribution in [-0.2, 0) is 9.47 Å². The molecule has 27 heavy (non-hydrogen) atoms. The number of hydrogen-bond donors (Lipinski definition) is 7. The lowest BCUT2D eigenvalue weighted by Gasteiger charge is -2.40. The lowest BCUT2D eigenvalue weighted by Crippen LogP contribution is -2.56. The van der Waals surface area contributed by atoms with Crippen LogP contribution in [0, 0.1) is 0 Å². The first-order valence-corrected chi connectivity index (χ1v) is 8.80. The molecule has 0 bridgehead atoms. The molecule has 7 N–H and O–H groups in total. The molecule has 0 spiro atoms. The standard InChI is InChI=1S/C17H36N2O8/c1-16(9-20,10-21)18-6-4-7-19(17(11-22,12-23)13-24)8-5-14(25)15(26-2)27-3/h5,8,14-15,18,20-25H,4,6-7,9-13H2,1-3H3/b8-5-. The highest BCUT2D eigenvalue weighted by atomic mass is 16.7. The van der Waals surface area contributed by atoms with Crippen LogP contribution in [0.25, 0.3) is 0 Å². The van der Waals surface area contributed by atoms with E-state index in [1.807, 2.05) is 0 Å². The summed E-state index contributed by atoms with van der Waals surface area (Å²) < 4.78 is 9.94. The Labute approximate surface area is 160 Å². The molecule has 10 heteroatoms. The minimum atomic E-state index is -1.32. The molecule has 0 amide bonds. The van der Waals surface area contributed by atoms with Crippen LogP contribution >= 0.6 is 0 Å². The van der Waals surface area contributed by atoms with Crippen LogP contribution in [-0.4, -0.2) is 119 Å². The molecule has 10 nitrogen and oxygen atoms in total. The predicted octanol–water partition coefficient (Wildman–Crippen LogP) is -2.78. The van der Waals surface area contributed by atoms with E-state index < -0.39 is 43.3 Å². The second-order valence-corrected chi connectivity index (χ2v) is 6.72. The number of aliphatic hydroxyl groups is 6. The van der Waals surface area contributed by atoms with Crippen molar-refractivity contribution in [3.05, 3.63) is 12.3 Å². The molecular formula is C17H36N2O8. The van der Waals surface area contributed by atoms with Crippen molar-refractivity contribution in [1.82, 2.24) is 10.2 Å². The van der Waals surface area contributed by atoms with Gasteiger partial charge in [0.1, 0.15) is 11.6 Å². The molecule has 0 heterocycles. The van der Waals surface area contributed by atoms with Crippen molar-refractivity contribution in [1.29, 1.82) is 0 Å². The summed E-state index contributed by atoms with van der Waals surface area (Å²) in [4.78, 5) is 1.54. The Morgan fingerprint density at radius 1 is 0.963 bits per heavy atom. The maximum Gasteiger partial charge on any atom is 0.186 e. The summed E-state index contributed by atoms with van der Waals surface area (Å²) in [6.07, 6.45) is 1.38. The topological polar surface area (TPSA) is 155 Å². The lowest BCUT2D eigenvalue weighted by molar-refractivity contribution is -0.150. The highest BCUT2D eigenvalue weighted by molar-refractivity contribution is 5.00. The Morgan fingerprint density at radius 3 is 1.89 bits per heavy atom. The van der Waals surface area contributed by atoms with E-state index in [1.165, 1.54) is 31.4 Å². The van der Waals surface area contributed by atoms with Crippen molar-refractivity contribution >= 4 is 0 Å². The summed E-state index contributed by atoms with van der Waals surface area (Å²) in [5, 5.41) is 60.7. The Hall–Kier alpha value is -0.820. The molecule has 0 aliphatic rings. The molecule has 0 aromatic heterocycles. The van der Waals surface area contributed by atoms with Gasteiger partial charge in [0.05, 0.1) is 38.6 Å². The maximum absolute atomic E-state index is 10.1. The van der Waals surface area contributed by atoms with Crippen molar-refractivity contribution in [3.63, 3.8) is 0 Å². The summed E-state index contributed by atoms with van der Waals surface area (Å²) in [7, 11) is 2.76. The van der Waals surface area contributed by atoms with Crippen molar-refractivity contribution in [2.24, 2.45) is 0 Å². The number of ether oxygens (including phenoxy) is 2. The van der Waals surface area contributed by atoms with E-state index in [-0.39, 0.29) is 13.2 Å². The minimum absolute atomic E-state index is 0.234. The molecule has 0 fully saturated rings. The fraction of sp³-hybridized carbons (Fsp3) is 0.882. The number of hydrogen-bond acceptors (Lipinski definition) is 10. The van der Waals surface area contributed by atoms with E-state index in [1.54, 1.807) is 6.92 Å². The monoisotopic (exact) mass is 396 g/mol. The van der Waals surface area contributed by atoms with Gasteiger partial charge in [-0.25, -0.2) is 0 Å². The van der Waals surface area contributed by atoms with Crippen LogP contribution in [0.1, 0.15) is 13.3 Å². The Bertz CT molecular complexity index is 390. The molecule has 0 rings (SSSR count). The minimum Gasteiger partial charge on any atom is -0.394 e. The SMILES string of the molecule is COC(OC)C(O)/C=C\N(CCCNC(C)(CO)CO)C(CO)(CO)CO. The molecule has 0 aliphatic carbocycles. The number of nitrogens with one attached hydrogen (secondary N) is 1. The number of aliphatic hydroxyl groups excluding tert-OH is 6. The lowest BCUT2D eigenvalue weighted by atomic mass is 10.00. The Morgan fingerprint density at radius 2 is 1.48 bits per heavy atom. The molecular weight excluding hydrogens is 360 g/mol. The third-order valence-corrected chi connectivity index (χ3v) is 4.52. The van der Waals surface area contributed by atoms with E-state index in [2.05, 4.69) is 5.32 Å². The van der Waals surface area contributed by atoms with E-state index in [0.717, 1.165) is 0 Å². The van der Waals surface area contributed by atoms with Crippen molar-refractivity contribution in [2.75, 3.05) is 60.3 Å². The molecule has 1 atom stereocenters. The average Bonchev–Trinajstić information content (AvgIpc) is 2.70. The molecule has 1 unspecified atom stereocenters. The van der Waals surface area contributed by atoms with Gasteiger partial charge in [-0.1, -0.05) is 0 Å². The third kappa shape index (κ3) is 7.98. The zero-order valence-corrected chi connectivity index (χ0v) is 16.4. The van der Waals surface area contributed by atoms with Gasteiger partial charge >= 0.3 is 0 Å². The Kier molecular flexibility index (Phi) is 13.0. The fourth-order valence-electron chi connectivity index (χ4n) is 2.35. The molecule has 162 valence electrons. The van der Waals surface area contributed by atoms with Gasteiger partial charge in [0.25, 0.3) is 0 Å². The highest BCUT2D eigenvalue weighted by Gasteiger charge is 2.33. The molecule has 0 saturated carbocycles.